The average molecular weight is 515 g/mol. The average Bonchev–Trinajstić information content (AvgIpc) is 3.22. The number of carbonyl (C=O) groups is 1. The normalized spacial score (nSPS) is 11.5. The number of hydrogen-bond donors (Lipinski definition) is 1. The van der Waals surface area contributed by atoms with Crippen molar-refractivity contribution in [1.82, 2.24) is 9.97 Å². The van der Waals surface area contributed by atoms with Gasteiger partial charge in [0.05, 0.1) is 37.6 Å². The molecule has 0 unspecified atom stereocenters. The molecule has 34 heavy (non-hydrogen) atoms. The van der Waals surface area contributed by atoms with Gasteiger partial charge in [-0.1, -0.05) is 17.7 Å². The van der Waals surface area contributed by atoms with E-state index in [0.29, 0.717) is 22.6 Å². The summed E-state index contributed by atoms with van der Waals surface area (Å²) in [6, 6.07) is 5.65. The minimum Gasteiger partial charge on any atom is -0.493 e. The van der Waals surface area contributed by atoms with Gasteiger partial charge in [-0.05, 0) is 25.1 Å². The van der Waals surface area contributed by atoms with Crippen molar-refractivity contribution in [3.63, 3.8) is 0 Å². The molecule has 0 aliphatic rings. The van der Waals surface area contributed by atoms with Crippen LogP contribution in [0.5, 0.6) is 17.4 Å². The number of alkyl halides is 3. The number of hydrazone groups is 1. The molecule has 180 valence electrons. The first-order valence-corrected chi connectivity index (χ1v) is 10.9. The zero-order chi connectivity index (χ0) is 24.7. The monoisotopic (exact) mass is 514 g/mol. The number of nitrogens with zero attached hydrogens (tertiary/aromatic N) is 3. The van der Waals surface area contributed by atoms with Crippen molar-refractivity contribution in [2.24, 2.45) is 5.10 Å². The number of halogens is 4. The quantitative estimate of drug-likeness (QED) is 0.227. The van der Waals surface area contributed by atoms with Crippen LogP contribution in [-0.4, -0.2) is 35.9 Å². The van der Waals surface area contributed by atoms with Gasteiger partial charge in [-0.3, -0.25) is 10.2 Å². The van der Waals surface area contributed by atoms with Crippen molar-refractivity contribution in [3.8, 4) is 17.4 Å². The zero-order valence-corrected chi connectivity index (χ0v) is 19.4. The SMILES string of the molecule is CCOC(=O)Cc1csc(NN=Cc2cccc(OC)c2Oc2ncc(C(F)(F)F)cc2Cl)n1. The first kappa shape index (κ1) is 25.2. The van der Waals surface area contributed by atoms with Crippen LogP contribution in [0.3, 0.4) is 0 Å². The van der Waals surface area contributed by atoms with E-state index in [2.05, 4.69) is 20.5 Å². The van der Waals surface area contributed by atoms with E-state index in [9.17, 15) is 18.0 Å². The van der Waals surface area contributed by atoms with E-state index < -0.39 is 11.7 Å². The molecule has 3 aromatic rings. The number of benzene rings is 1. The molecule has 13 heteroatoms. The number of ether oxygens (including phenoxy) is 3. The molecule has 1 aromatic carbocycles. The van der Waals surface area contributed by atoms with E-state index >= 15 is 0 Å². The van der Waals surface area contributed by atoms with Gasteiger partial charge in [-0.15, -0.1) is 11.3 Å². The number of pyridine rings is 1. The molecule has 0 atom stereocenters. The van der Waals surface area contributed by atoms with Gasteiger partial charge in [-0.2, -0.15) is 18.3 Å². The van der Waals surface area contributed by atoms with Gasteiger partial charge in [0.15, 0.2) is 11.5 Å². The second-order valence-electron chi connectivity index (χ2n) is 6.49. The Hall–Kier alpha value is -3.38. The standard InChI is InChI=1S/C21H18ClF3N4O4S/c1-3-32-17(30)8-14-11-34-20(28-14)29-27-9-12-5-4-6-16(31-2)18(12)33-19-15(22)7-13(10-26-19)21(23,24)25/h4-7,9-11H,3,8H2,1-2H3,(H,28,29). The highest BCUT2D eigenvalue weighted by atomic mass is 35.5. The molecule has 3 rings (SSSR count). The molecule has 2 heterocycles. The zero-order valence-electron chi connectivity index (χ0n) is 17.9. The minimum absolute atomic E-state index is 0.0461. The molecule has 0 saturated heterocycles. The third-order valence-corrected chi connectivity index (χ3v) is 5.18. The Morgan fingerprint density at radius 1 is 1.35 bits per heavy atom. The summed E-state index contributed by atoms with van der Waals surface area (Å²) in [6.45, 7) is 2.01. The predicted octanol–water partition coefficient (Wildman–Crippen LogP) is 5.56. The van der Waals surface area contributed by atoms with Crippen LogP contribution in [0.25, 0.3) is 0 Å². The lowest BCUT2D eigenvalue weighted by molar-refractivity contribution is -0.142. The van der Waals surface area contributed by atoms with Crippen LogP contribution in [0.4, 0.5) is 18.3 Å². The van der Waals surface area contributed by atoms with Crippen molar-refractivity contribution >= 4 is 40.3 Å². The third kappa shape index (κ3) is 6.58. The highest BCUT2D eigenvalue weighted by Crippen LogP contribution is 2.38. The van der Waals surface area contributed by atoms with E-state index in [4.69, 9.17) is 25.8 Å². The highest BCUT2D eigenvalue weighted by molar-refractivity contribution is 7.13. The van der Waals surface area contributed by atoms with Gasteiger partial charge in [0, 0.05) is 17.1 Å². The lowest BCUT2D eigenvalue weighted by Gasteiger charge is -2.14. The molecule has 0 bridgehead atoms. The minimum atomic E-state index is -4.59. The fourth-order valence-corrected chi connectivity index (χ4v) is 3.48. The van der Waals surface area contributed by atoms with Crippen LogP contribution < -0.4 is 14.9 Å². The van der Waals surface area contributed by atoms with Crippen LogP contribution in [0.1, 0.15) is 23.7 Å². The van der Waals surface area contributed by atoms with Gasteiger partial charge >= 0.3 is 12.1 Å². The number of para-hydroxylation sites is 1. The molecule has 0 fully saturated rings. The first-order valence-electron chi connectivity index (χ1n) is 9.68. The van der Waals surface area contributed by atoms with E-state index in [1.54, 1.807) is 30.5 Å². The Morgan fingerprint density at radius 2 is 2.15 bits per heavy atom. The second kappa shape index (κ2) is 11.2. The molecule has 0 radical (unpaired) electrons. The maximum Gasteiger partial charge on any atom is 0.417 e. The third-order valence-electron chi connectivity index (χ3n) is 4.11. The fourth-order valence-electron chi connectivity index (χ4n) is 2.61. The highest BCUT2D eigenvalue weighted by Gasteiger charge is 2.32. The number of nitrogens with one attached hydrogen (secondary N) is 1. The number of anilines is 1. The second-order valence-corrected chi connectivity index (χ2v) is 7.75. The van der Waals surface area contributed by atoms with Gasteiger partial charge < -0.3 is 14.2 Å². The van der Waals surface area contributed by atoms with Gasteiger partial charge in [0.25, 0.3) is 0 Å². The molecular weight excluding hydrogens is 497 g/mol. The lowest BCUT2D eigenvalue weighted by Crippen LogP contribution is -2.07. The molecule has 0 aliphatic heterocycles. The van der Waals surface area contributed by atoms with E-state index in [0.717, 1.165) is 6.07 Å². The van der Waals surface area contributed by atoms with Crippen LogP contribution in [-0.2, 0) is 22.1 Å². The Balaban J connectivity index is 1.77. The molecule has 2 aromatic heterocycles. The predicted molar refractivity (Wildman–Crippen MR) is 121 cm³/mol. The van der Waals surface area contributed by atoms with Crippen molar-refractivity contribution in [1.29, 1.82) is 0 Å². The number of esters is 1. The Labute approximate surface area is 201 Å². The summed E-state index contributed by atoms with van der Waals surface area (Å²) in [7, 11) is 1.41. The molecule has 8 nitrogen and oxygen atoms in total. The molecule has 0 saturated carbocycles. The van der Waals surface area contributed by atoms with Gasteiger partial charge in [0.2, 0.25) is 11.0 Å². The summed E-state index contributed by atoms with van der Waals surface area (Å²) in [4.78, 5) is 19.5. The van der Waals surface area contributed by atoms with Gasteiger partial charge in [0.1, 0.15) is 5.02 Å². The van der Waals surface area contributed by atoms with Crippen molar-refractivity contribution < 1.29 is 32.2 Å². The molecular formula is C21H18ClF3N4O4S. The molecule has 1 N–H and O–H groups in total. The van der Waals surface area contributed by atoms with E-state index in [1.165, 1.54) is 24.7 Å². The number of thiazole rings is 1. The summed E-state index contributed by atoms with van der Waals surface area (Å²) in [5, 5.41) is 5.93. The largest absolute Gasteiger partial charge is 0.493 e. The number of rotatable bonds is 9. The number of aromatic nitrogens is 2. The Kier molecular flexibility index (Phi) is 8.29. The van der Waals surface area contributed by atoms with Crippen LogP contribution in [0, 0.1) is 0 Å². The van der Waals surface area contributed by atoms with Crippen molar-refractivity contribution in [2.45, 2.75) is 19.5 Å². The first-order chi connectivity index (χ1) is 16.2. The van der Waals surface area contributed by atoms with Crippen molar-refractivity contribution in [3.05, 3.63) is 57.7 Å². The summed E-state index contributed by atoms with van der Waals surface area (Å²) in [5.41, 5.74) is 2.71. The molecule has 0 amide bonds. The number of hydrogen-bond acceptors (Lipinski definition) is 9. The molecule has 0 spiro atoms. The topological polar surface area (TPSA) is 94.9 Å². The Bertz CT molecular complexity index is 1190. The lowest BCUT2D eigenvalue weighted by atomic mass is 10.2. The van der Waals surface area contributed by atoms with Crippen LogP contribution >= 0.6 is 22.9 Å². The fraction of sp³-hybridized carbons (Fsp3) is 0.238. The number of carbonyl (C=O) groups excluding carboxylic acids is 1. The summed E-state index contributed by atoms with van der Waals surface area (Å²) < 4.78 is 54.5. The van der Waals surface area contributed by atoms with E-state index in [1.807, 2.05) is 0 Å². The maximum absolute atomic E-state index is 12.9. The summed E-state index contributed by atoms with van der Waals surface area (Å²) in [6.07, 6.45) is -2.51. The Morgan fingerprint density at radius 3 is 2.82 bits per heavy atom. The van der Waals surface area contributed by atoms with Crippen LogP contribution in [0.15, 0.2) is 40.9 Å². The van der Waals surface area contributed by atoms with Crippen LogP contribution in [0.2, 0.25) is 5.02 Å². The van der Waals surface area contributed by atoms with Gasteiger partial charge in [-0.25, -0.2) is 9.97 Å². The molecule has 0 aliphatic carbocycles. The smallest absolute Gasteiger partial charge is 0.417 e. The summed E-state index contributed by atoms with van der Waals surface area (Å²) >= 11 is 7.21. The van der Waals surface area contributed by atoms with E-state index in [-0.39, 0.29) is 41.4 Å². The number of methoxy groups -OCH3 is 1. The van der Waals surface area contributed by atoms with Crippen molar-refractivity contribution in [2.75, 3.05) is 19.1 Å². The summed E-state index contributed by atoms with van der Waals surface area (Å²) in [5.74, 6) is -0.179. The maximum atomic E-state index is 12.9.